The number of H-pyrrole nitrogens is 1. The molecule has 4 aromatic rings. The number of hydrogen-bond acceptors (Lipinski definition) is 7. The zero-order valence-electron chi connectivity index (χ0n) is 20.7. The summed E-state index contributed by atoms with van der Waals surface area (Å²) in [6.45, 7) is 5.84. The van der Waals surface area contributed by atoms with Crippen LogP contribution in [0.15, 0.2) is 70.6 Å². The van der Waals surface area contributed by atoms with Gasteiger partial charge >= 0.3 is 11.5 Å². The van der Waals surface area contributed by atoms with Crippen molar-refractivity contribution in [3.63, 3.8) is 0 Å². The van der Waals surface area contributed by atoms with Crippen molar-refractivity contribution in [1.29, 1.82) is 0 Å². The molecule has 1 heterocycles. The number of phenolic OH excluding ortho intramolecular Hbond substituents is 1. The second-order valence-electron chi connectivity index (χ2n) is 8.55. The molecule has 0 atom stereocenters. The number of hydrogen-bond donors (Lipinski definition) is 3. The Hall–Kier alpha value is -4.70. The molecule has 10 nitrogen and oxygen atoms in total. The van der Waals surface area contributed by atoms with Crippen LogP contribution in [0, 0.1) is 26.0 Å². The first-order valence-electron chi connectivity index (χ1n) is 11.6. The molecule has 0 amide bonds. The molecule has 1 aromatic heterocycles. The maximum Gasteiger partial charge on any atom is 0.338 e. The zero-order valence-corrected chi connectivity index (χ0v) is 20.7. The van der Waals surface area contributed by atoms with Crippen molar-refractivity contribution >= 4 is 17.3 Å². The lowest BCUT2D eigenvalue weighted by molar-refractivity contribution is -0.436. The highest BCUT2D eigenvalue weighted by atomic mass is 16.5. The van der Waals surface area contributed by atoms with Crippen LogP contribution < -0.4 is 11.3 Å². The van der Waals surface area contributed by atoms with Crippen molar-refractivity contribution in [1.82, 2.24) is 9.78 Å². The molecule has 10 heteroatoms. The monoisotopic (exact) mass is 501 g/mol. The van der Waals surface area contributed by atoms with E-state index in [-0.39, 0.29) is 40.7 Å². The summed E-state index contributed by atoms with van der Waals surface area (Å²) in [5.74, 6) is -0.900. The van der Waals surface area contributed by atoms with Gasteiger partial charge in [0, 0.05) is 23.3 Å². The summed E-state index contributed by atoms with van der Waals surface area (Å²) in [5, 5.41) is 30.8. The summed E-state index contributed by atoms with van der Waals surface area (Å²) in [5.41, 5.74) is 8.82. The summed E-state index contributed by atoms with van der Waals surface area (Å²) in [6, 6.07) is 16.6. The Bertz CT molecular complexity index is 1570. The first-order chi connectivity index (χ1) is 17.7. The summed E-state index contributed by atoms with van der Waals surface area (Å²) in [6.07, 6.45) is 0. The second-order valence-corrected chi connectivity index (χ2v) is 8.55. The average molecular weight is 502 g/mol. The van der Waals surface area contributed by atoms with Gasteiger partial charge in [0.15, 0.2) is 5.75 Å². The Labute approximate surface area is 212 Å². The van der Waals surface area contributed by atoms with E-state index in [1.54, 1.807) is 49.4 Å². The van der Waals surface area contributed by atoms with E-state index in [1.165, 1.54) is 10.7 Å². The quantitative estimate of drug-likeness (QED) is 0.147. The van der Waals surface area contributed by atoms with Crippen LogP contribution in [0.3, 0.4) is 0 Å². The predicted molar refractivity (Wildman–Crippen MR) is 139 cm³/mol. The van der Waals surface area contributed by atoms with Gasteiger partial charge in [0.2, 0.25) is 5.69 Å². The van der Waals surface area contributed by atoms with E-state index in [0.29, 0.717) is 22.5 Å². The number of nitrogens with two attached hydrogens (primary N) is 1. The number of esters is 1. The third-order valence-electron chi connectivity index (χ3n) is 5.96. The number of rotatable bonds is 7. The molecular weight excluding hydrogens is 474 g/mol. The Balaban J connectivity index is 1.71. The first-order valence-corrected chi connectivity index (χ1v) is 11.6. The van der Waals surface area contributed by atoms with E-state index in [2.05, 4.69) is 10.2 Å². The number of carbonyl (C=O) groups is 1. The van der Waals surface area contributed by atoms with Crippen LogP contribution in [0.25, 0.3) is 16.8 Å². The number of nitrogens with zero attached hydrogens (tertiary/aromatic N) is 3. The highest BCUT2D eigenvalue weighted by Gasteiger charge is 2.21. The van der Waals surface area contributed by atoms with Gasteiger partial charge in [-0.15, -0.1) is 0 Å². The third-order valence-corrected chi connectivity index (χ3v) is 5.96. The van der Waals surface area contributed by atoms with Crippen LogP contribution in [0.5, 0.6) is 5.75 Å². The lowest BCUT2D eigenvalue weighted by atomic mass is 10.0. The summed E-state index contributed by atoms with van der Waals surface area (Å²) >= 11 is 0. The van der Waals surface area contributed by atoms with Crippen LogP contribution in [-0.4, -0.2) is 38.9 Å². The highest BCUT2D eigenvalue weighted by Crippen LogP contribution is 2.37. The molecule has 0 aliphatic heterocycles. The summed E-state index contributed by atoms with van der Waals surface area (Å²) in [7, 11) is 0. The minimum Gasteiger partial charge on any atom is -0.594 e. The number of aromatic hydroxyl groups is 1. The molecule has 190 valence electrons. The number of para-hydroxylation sites is 1. The lowest BCUT2D eigenvalue weighted by Crippen LogP contribution is -2.14. The van der Waals surface area contributed by atoms with Crippen molar-refractivity contribution in [3.05, 3.63) is 98.6 Å². The molecule has 37 heavy (non-hydrogen) atoms. The molecule has 0 saturated carbocycles. The van der Waals surface area contributed by atoms with Crippen LogP contribution >= 0.6 is 0 Å². The van der Waals surface area contributed by atoms with Crippen molar-refractivity contribution in [2.24, 2.45) is 10.8 Å². The largest absolute Gasteiger partial charge is 0.594 e. The molecule has 4 N–H and O–H groups in total. The molecule has 0 saturated heterocycles. The number of azo groups is 1. The second kappa shape index (κ2) is 10.5. The number of carbonyl (C=O) groups excluding carboxylic acids is 1. The fourth-order valence-electron chi connectivity index (χ4n) is 3.81. The molecule has 0 aliphatic rings. The number of nitrogens with one attached hydrogen (secondary N) is 1. The van der Waals surface area contributed by atoms with Gasteiger partial charge in [-0.25, -0.2) is 9.48 Å². The Kier molecular flexibility index (Phi) is 7.21. The van der Waals surface area contributed by atoms with Gasteiger partial charge in [0.05, 0.1) is 16.9 Å². The van der Waals surface area contributed by atoms with E-state index < -0.39 is 11.5 Å². The molecule has 0 aliphatic carbocycles. The molecule has 0 fully saturated rings. The van der Waals surface area contributed by atoms with Crippen LogP contribution in [0.2, 0.25) is 0 Å². The minimum absolute atomic E-state index is 0.0809. The standard InChI is InChI=1S/C27H27N5O5/c1-16-10-11-21(14-17(16)2)31-26(34)24(18(3)29-31)30-32(36)23-9-5-8-22(25(23)33)19-6-4-7-20(15-19)27(35)37-13-12-28/h4-11,14-15,29,33H,12-13,28H2,1-3H3. The fraction of sp³-hybridized carbons (Fsp3) is 0.185. The molecule has 3 aromatic carbocycles. The van der Waals surface area contributed by atoms with E-state index in [1.807, 2.05) is 26.0 Å². The number of aryl methyl sites for hydroxylation is 3. The normalized spacial score (nSPS) is 11.5. The topological polar surface area (TPSA) is 149 Å². The van der Waals surface area contributed by atoms with Crippen molar-refractivity contribution in [3.8, 4) is 22.6 Å². The van der Waals surface area contributed by atoms with Gasteiger partial charge in [-0.3, -0.25) is 9.89 Å². The van der Waals surface area contributed by atoms with Gasteiger partial charge < -0.3 is 20.8 Å². The first kappa shape index (κ1) is 25.4. The van der Waals surface area contributed by atoms with E-state index in [0.717, 1.165) is 11.1 Å². The number of ether oxygens (including phenoxy) is 1. The van der Waals surface area contributed by atoms with Crippen LogP contribution in [-0.2, 0) is 4.74 Å². The minimum atomic E-state index is -0.550. The van der Waals surface area contributed by atoms with Gasteiger partial charge in [0.25, 0.3) is 5.69 Å². The maximum absolute atomic E-state index is 13.1. The Morgan fingerprint density at radius 1 is 1.11 bits per heavy atom. The molecule has 0 spiro atoms. The van der Waals surface area contributed by atoms with E-state index >= 15 is 0 Å². The summed E-state index contributed by atoms with van der Waals surface area (Å²) < 4.78 is 6.38. The van der Waals surface area contributed by atoms with Crippen molar-refractivity contribution < 1.29 is 19.5 Å². The van der Waals surface area contributed by atoms with Gasteiger partial charge in [0.1, 0.15) is 6.61 Å². The number of aromatic amines is 1. The maximum atomic E-state index is 13.1. The number of benzene rings is 3. The van der Waals surface area contributed by atoms with Crippen molar-refractivity contribution in [2.75, 3.05) is 13.2 Å². The van der Waals surface area contributed by atoms with Crippen LogP contribution in [0.4, 0.5) is 11.4 Å². The Morgan fingerprint density at radius 3 is 2.59 bits per heavy atom. The third kappa shape index (κ3) is 5.14. The van der Waals surface area contributed by atoms with E-state index in [4.69, 9.17) is 10.5 Å². The number of phenols is 1. The fourth-order valence-corrected chi connectivity index (χ4v) is 3.81. The molecule has 0 unspecified atom stereocenters. The SMILES string of the molecule is Cc1ccc(-n2[nH]c(C)c(N=[N+]([O-])c3cccc(-c4cccc(C(=O)OCCN)c4)c3O)c2=O)cc1C. The smallest absolute Gasteiger partial charge is 0.338 e. The molecular formula is C27H27N5O5. The molecule has 4 rings (SSSR count). The summed E-state index contributed by atoms with van der Waals surface area (Å²) in [4.78, 5) is 25.5. The molecule has 0 bridgehead atoms. The number of aromatic nitrogens is 2. The van der Waals surface area contributed by atoms with Crippen LogP contribution in [0.1, 0.15) is 27.2 Å². The van der Waals surface area contributed by atoms with Gasteiger partial charge in [-0.2, -0.15) is 0 Å². The lowest BCUT2D eigenvalue weighted by Gasteiger charge is -2.09. The Morgan fingerprint density at radius 2 is 1.86 bits per heavy atom. The average Bonchev–Trinajstić information content (AvgIpc) is 3.17. The van der Waals surface area contributed by atoms with Crippen molar-refractivity contribution in [2.45, 2.75) is 20.8 Å². The van der Waals surface area contributed by atoms with Gasteiger partial charge in [-0.1, -0.05) is 30.3 Å². The molecule has 0 radical (unpaired) electrons. The highest BCUT2D eigenvalue weighted by molar-refractivity contribution is 5.91. The predicted octanol–water partition coefficient (Wildman–Crippen LogP) is 4.50. The zero-order chi connectivity index (χ0) is 26.7. The van der Waals surface area contributed by atoms with E-state index in [9.17, 15) is 19.9 Å². The van der Waals surface area contributed by atoms with Gasteiger partial charge in [-0.05, 0) is 66.6 Å².